The van der Waals surface area contributed by atoms with E-state index in [9.17, 15) is 13.2 Å². The minimum Gasteiger partial charge on any atom is -0.423 e. The molecule has 0 saturated carbocycles. The lowest BCUT2D eigenvalue weighted by molar-refractivity contribution is -0.0879. The fourth-order valence-corrected chi connectivity index (χ4v) is 2.85. The molecule has 2 radical (unpaired) electrons. The summed E-state index contributed by atoms with van der Waals surface area (Å²) in [5.74, 6) is 0. The number of benzene rings is 1. The second kappa shape index (κ2) is 6.30. The van der Waals surface area contributed by atoms with E-state index in [1.165, 1.54) is 0 Å². The Hall–Kier alpha value is -1.91. The minimum absolute atomic E-state index is 0.414. The van der Waals surface area contributed by atoms with Crippen molar-refractivity contribution in [3.05, 3.63) is 65.8 Å². The SMILES string of the molecule is [B]N1CC(C)(/C(C=CCC)=C/C(=C)C(F)(F)F)c2ccccc21. The van der Waals surface area contributed by atoms with E-state index in [0.29, 0.717) is 12.1 Å². The lowest BCUT2D eigenvalue weighted by Gasteiger charge is -2.28. The van der Waals surface area contributed by atoms with E-state index in [-0.39, 0.29) is 0 Å². The maximum atomic E-state index is 12.9. The summed E-state index contributed by atoms with van der Waals surface area (Å²) >= 11 is 0. The molecule has 1 aliphatic heterocycles. The second-order valence-corrected chi connectivity index (χ2v) is 5.91. The van der Waals surface area contributed by atoms with Crippen LogP contribution in [0.15, 0.2) is 60.2 Å². The van der Waals surface area contributed by atoms with Gasteiger partial charge in [0.1, 0.15) is 0 Å². The van der Waals surface area contributed by atoms with Gasteiger partial charge in [-0.2, -0.15) is 13.2 Å². The average molecular weight is 317 g/mol. The van der Waals surface area contributed by atoms with E-state index < -0.39 is 17.2 Å². The maximum Gasteiger partial charge on any atom is 0.415 e. The lowest BCUT2D eigenvalue weighted by atomic mass is 9.76. The largest absolute Gasteiger partial charge is 0.423 e. The number of allylic oxidation sites excluding steroid dienone is 4. The molecule has 1 aromatic rings. The first-order valence-electron chi connectivity index (χ1n) is 7.46. The van der Waals surface area contributed by atoms with Gasteiger partial charge in [0.15, 0.2) is 0 Å². The van der Waals surface area contributed by atoms with Crippen LogP contribution in [-0.4, -0.2) is 20.7 Å². The minimum atomic E-state index is -4.44. The van der Waals surface area contributed by atoms with Gasteiger partial charge in [0, 0.05) is 23.2 Å². The van der Waals surface area contributed by atoms with Crippen molar-refractivity contribution in [2.45, 2.75) is 31.9 Å². The molecule has 2 rings (SSSR count). The number of hydrogen-bond donors (Lipinski definition) is 0. The molecule has 1 aromatic carbocycles. The predicted molar refractivity (Wildman–Crippen MR) is 89.6 cm³/mol. The molecule has 1 heterocycles. The normalized spacial score (nSPS) is 21.8. The number of hydrogen-bond acceptors (Lipinski definition) is 1. The average Bonchev–Trinajstić information content (AvgIpc) is 2.75. The van der Waals surface area contributed by atoms with Crippen molar-refractivity contribution >= 4 is 13.7 Å². The third-order valence-corrected chi connectivity index (χ3v) is 4.16. The zero-order valence-corrected chi connectivity index (χ0v) is 13.3. The van der Waals surface area contributed by atoms with Gasteiger partial charge >= 0.3 is 6.18 Å². The van der Waals surface area contributed by atoms with Gasteiger partial charge in [-0.3, -0.25) is 0 Å². The number of anilines is 1. The Morgan fingerprint density at radius 2 is 2.04 bits per heavy atom. The van der Waals surface area contributed by atoms with Gasteiger partial charge in [-0.1, -0.05) is 43.9 Å². The topological polar surface area (TPSA) is 3.24 Å². The van der Waals surface area contributed by atoms with Crippen LogP contribution in [0.25, 0.3) is 0 Å². The van der Waals surface area contributed by atoms with Crippen LogP contribution < -0.4 is 4.81 Å². The Morgan fingerprint density at radius 3 is 2.65 bits per heavy atom. The smallest absolute Gasteiger partial charge is 0.415 e. The summed E-state index contributed by atoms with van der Waals surface area (Å²) in [5.41, 5.74) is 0.836. The molecule has 0 aliphatic carbocycles. The van der Waals surface area contributed by atoms with Crippen LogP contribution in [0.3, 0.4) is 0 Å². The van der Waals surface area contributed by atoms with Gasteiger partial charge < -0.3 is 4.81 Å². The maximum absolute atomic E-state index is 12.9. The van der Waals surface area contributed by atoms with E-state index in [2.05, 4.69) is 6.58 Å². The third-order valence-electron chi connectivity index (χ3n) is 4.16. The predicted octanol–water partition coefficient (Wildman–Crippen LogP) is 4.86. The van der Waals surface area contributed by atoms with Crippen molar-refractivity contribution in [2.75, 3.05) is 11.4 Å². The Bertz CT molecular complexity index is 660. The molecule has 0 spiro atoms. The molecule has 23 heavy (non-hydrogen) atoms. The highest BCUT2D eigenvalue weighted by Crippen LogP contribution is 2.45. The van der Waals surface area contributed by atoms with Crippen LogP contribution >= 0.6 is 0 Å². The number of rotatable bonds is 4. The van der Waals surface area contributed by atoms with E-state index in [4.69, 9.17) is 7.98 Å². The molecule has 1 nitrogen and oxygen atoms in total. The number of halogens is 3. The Kier molecular flexibility index (Phi) is 4.78. The molecule has 1 aliphatic rings. The Labute approximate surface area is 136 Å². The Morgan fingerprint density at radius 1 is 1.39 bits per heavy atom. The monoisotopic (exact) mass is 317 g/mol. The summed E-state index contributed by atoms with van der Waals surface area (Å²) in [4.78, 5) is 1.58. The van der Waals surface area contributed by atoms with Gasteiger partial charge in [0.2, 0.25) is 7.98 Å². The molecule has 0 amide bonds. The summed E-state index contributed by atoms with van der Waals surface area (Å²) in [6.07, 6.45) is 1.01. The summed E-state index contributed by atoms with van der Waals surface area (Å²) in [6, 6.07) is 7.52. The highest BCUT2D eigenvalue weighted by Gasteiger charge is 2.40. The molecule has 0 aromatic heterocycles. The van der Waals surface area contributed by atoms with Crippen molar-refractivity contribution in [1.82, 2.24) is 0 Å². The van der Waals surface area contributed by atoms with Crippen molar-refractivity contribution in [2.24, 2.45) is 0 Å². The number of para-hydroxylation sites is 1. The van der Waals surface area contributed by atoms with E-state index in [1.807, 2.05) is 44.2 Å². The van der Waals surface area contributed by atoms with Gasteiger partial charge in [-0.05, 0) is 36.6 Å². The molecular formula is C18H19BF3N. The number of alkyl halides is 3. The highest BCUT2D eigenvalue weighted by atomic mass is 19.4. The van der Waals surface area contributed by atoms with Gasteiger partial charge in [0.05, 0.1) is 0 Å². The van der Waals surface area contributed by atoms with Gasteiger partial charge in [0.25, 0.3) is 0 Å². The molecule has 1 atom stereocenters. The second-order valence-electron chi connectivity index (χ2n) is 5.91. The summed E-state index contributed by atoms with van der Waals surface area (Å²) < 4.78 is 38.7. The van der Waals surface area contributed by atoms with Crippen molar-refractivity contribution < 1.29 is 13.2 Å². The van der Waals surface area contributed by atoms with Crippen LogP contribution in [0.4, 0.5) is 18.9 Å². The molecule has 0 bridgehead atoms. The van der Waals surface area contributed by atoms with Crippen molar-refractivity contribution in [3.8, 4) is 0 Å². The van der Waals surface area contributed by atoms with Crippen LogP contribution in [-0.2, 0) is 5.41 Å². The first-order valence-corrected chi connectivity index (χ1v) is 7.46. The van der Waals surface area contributed by atoms with Crippen LogP contribution in [0.5, 0.6) is 0 Å². The summed E-state index contributed by atoms with van der Waals surface area (Å²) in [6.45, 7) is 7.43. The van der Waals surface area contributed by atoms with E-state index in [1.54, 1.807) is 10.9 Å². The molecule has 5 heteroatoms. The fraction of sp³-hybridized carbons (Fsp3) is 0.333. The molecule has 120 valence electrons. The lowest BCUT2D eigenvalue weighted by Crippen LogP contribution is -2.31. The number of fused-ring (bicyclic) bond motifs is 1. The fourth-order valence-electron chi connectivity index (χ4n) is 2.85. The summed E-state index contributed by atoms with van der Waals surface area (Å²) in [7, 11) is 6.04. The molecule has 1 unspecified atom stereocenters. The Balaban J connectivity index is 2.55. The van der Waals surface area contributed by atoms with Crippen LogP contribution in [0.2, 0.25) is 0 Å². The molecule has 0 N–H and O–H groups in total. The van der Waals surface area contributed by atoms with Crippen LogP contribution in [0, 0.1) is 0 Å². The van der Waals surface area contributed by atoms with Gasteiger partial charge in [-0.15, -0.1) is 0 Å². The van der Waals surface area contributed by atoms with E-state index in [0.717, 1.165) is 23.7 Å². The standard InChI is InChI=1S/C18H19BF3N/c1-4-5-8-14(11-13(2)18(20,21)22)17(3)12-23(19)16-10-7-6-9-15(16)17/h5-11H,2,4,12H2,1,3H3/b8-5?,14-11+. The summed E-state index contributed by atoms with van der Waals surface area (Å²) in [5, 5.41) is 0. The molecule has 0 saturated heterocycles. The number of nitrogens with zero attached hydrogens (tertiary/aromatic N) is 1. The van der Waals surface area contributed by atoms with Crippen molar-refractivity contribution in [1.29, 1.82) is 0 Å². The first kappa shape index (κ1) is 17.4. The zero-order valence-electron chi connectivity index (χ0n) is 13.3. The molecular weight excluding hydrogens is 298 g/mol. The van der Waals surface area contributed by atoms with E-state index >= 15 is 0 Å². The van der Waals surface area contributed by atoms with Gasteiger partial charge in [-0.25, -0.2) is 0 Å². The van der Waals surface area contributed by atoms with Crippen molar-refractivity contribution in [3.63, 3.8) is 0 Å². The third kappa shape index (κ3) is 3.38. The van der Waals surface area contributed by atoms with Crippen LogP contribution in [0.1, 0.15) is 25.8 Å². The quantitative estimate of drug-likeness (QED) is 0.566. The zero-order chi connectivity index (χ0) is 17.3. The first-order chi connectivity index (χ1) is 10.7. The molecule has 0 fully saturated rings. The highest BCUT2D eigenvalue weighted by molar-refractivity contribution is 6.19.